The van der Waals surface area contributed by atoms with Crippen molar-refractivity contribution >= 4 is 22.5 Å². The first kappa shape index (κ1) is 19.8. The third-order valence-corrected chi connectivity index (χ3v) is 5.76. The van der Waals surface area contributed by atoms with Crippen LogP contribution in [0.1, 0.15) is 23.3 Å². The number of carbonyl (C=O) groups is 1. The van der Waals surface area contributed by atoms with Crippen molar-refractivity contribution in [2.45, 2.75) is 18.8 Å². The molecule has 31 heavy (non-hydrogen) atoms. The van der Waals surface area contributed by atoms with Gasteiger partial charge in [-0.2, -0.15) is 0 Å². The van der Waals surface area contributed by atoms with Gasteiger partial charge in [0.1, 0.15) is 11.4 Å². The monoisotopic (exact) mass is 426 g/mol. The van der Waals surface area contributed by atoms with Crippen molar-refractivity contribution in [3.63, 3.8) is 0 Å². The normalized spacial score (nSPS) is 17.5. The first-order chi connectivity index (χ1) is 14.8. The van der Waals surface area contributed by atoms with Gasteiger partial charge in [0.05, 0.1) is 25.4 Å². The van der Waals surface area contributed by atoms with Crippen molar-refractivity contribution in [2.75, 3.05) is 38.7 Å². The third kappa shape index (κ3) is 3.82. The summed E-state index contributed by atoms with van der Waals surface area (Å²) in [4.78, 5) is 23.3. The lowest BCUT2D eigenvalue weighted by molar-refractivity contribution is -0.0264. The summed E-state index contributed by atoms with van der Waals surface area (Å²) in [5.41, 5.74) is 3.29. The van der Waals surface area contributed by atoms with Gasteiger partial charge in [0.25, 0.3) is 11.8 Å². The Morgan fingerprint density at radius 2 is 2.06 bits per heavy atom. The van der Waals surface area contributed by atoms with Gasteiger partial charge in [0.15, 0.2) is 0 Å². The molecule has 1 N–H and O–H groups in total. The zero-order valence-electron chi connectivity index (χ0n) is 17.5. The largest absolute Gasteiger partial charge is 0.491 e. The van der Waals surface area contributed by atoms with Crippen LogP contribution >= 0.6 is 0 Å². The van der Waals surface area contributed by atoms with E-state index in [-0.39, 0.29) is 19.0 Å². The van der Waals surface area contributed by atoms with Crippen LogP contribution in [0.5, 0.6) is 5.75 Å². The van der Waals surface area contributed by atoms with Gasteiger partial charge in [-0.15, -0.1) is 0 Å². The molecule has 0 radical (unpaired) electrons. The van der Waals surface area contributed by atoms with E-state index in [0.717, 1.165) is 29.4 Å². The van der Waals surface area contributed by atoms with E-state index in [9.17, 15) is 13.6 Å². The summed E-state index contributed by atoms with van der Waals surface area (Å²) in [6.45, 7) is -0.0142. The summed E-state index contributed by atoms with van der Waals surface area (Å²) in [6.07, 6.45) is 3.89. The Hall–Kier alpha value is -3.16. The number of H-pyrrole nitrogens is 1. The van der Waals surface area contributed by atoms with Crippen LogP contribution in [0.25, 0.3) is 22.2 Å². The van der Waals surface area contributed by atoms with Gasteiger partial charge in [0.2, 0.25) is 0 Å². The summed E-state index contributed by atoms with van der Waals surface area (Å²) in [6, 6.07) is 9.30. The molecule has 6 nitrogen and oxygen atoms in total. The number of anilines is 1. The second kappa shape index (κ2) is 7.21. The first-order valence-electron chi connectivity index (χ1n) is 10.4. The molecule has 2 aliphatic rings. The van der Waals surface area contributed by atoms with E-state index in [1.165, 1.54) is 4.90 Å². The standard InChI is InChI=1S/C23H24F2N4O2/c1-28(2)22(30)21-16(4-3-7-26-21)18-8-15-9-19(29-12-23(24,25)13-29)20(10-17(15)27-18)31-11-14-5-6-14/h3-4,7-10,14,27H,5-6,11-13H2,1-2H3. The third-order valence-electron chi connectivity index (χ3n) is 5.76. The van der Waals surface area contributed by atoms with E-state index >= 15 is 0 Å². The highest BCUT2D eigenvalue weighted by Gasteiger charge is 2.45. The molecule has 2 fully saturated rings. The van der Waals surface area contributed by atoms with Gasteiger partial charge < -0.3 is 19.5 Å². The van der Waals surface area contributed by atoms with Crippen molar-refractivity contribution in [1.29, 1.82) is 0 Å². The summed E-state index contributed by atoms with van der Waals surface area (Å²) >= 11 is 0. The van der Waals surface area contributed by atoms with Crippen LogP contribution in [0.4, 0.5) is 14.5 Å². The molecule has 0 atom stereocenters. The summed E-state index contributed by atoms with van der Waals surface area (Å²) < 4.78 is 33.1. The fraction of sp³-hybridized carbons (Fsp3) is 0.391. The van der Waals surface area contributed by atoms with E-state index in [2.05, 4.69) is 9.97 Å². The van der Waals surface area contributed by atoms with Crippen LogP contribution in [0.15, 0.2) is 36.5 Å². The predicted molar refractivity (Wildman–Crippen MR) is 115 cm³/mol. The number of aromatic amines is 1. The molecule has 1 saturated heterocycles. The number of nitrogens with zero attached hydrogens (tertiary/aromatic N) is 3. The molecule has 1 aromatic carbocycles. The minimum absolute atomic E-state index is 0.189. The number of nitrogens with one attached hydrogen (secondary N) is 1. The summed E-state index contributed by atoms with van der Waals surface area (Å²) in [5.74, 6) is -1.69. The number of alkyl halides is 2. The molecule has 0 bridgehead atoms. The summed E-state index contributed by atoms with van der Waals surface area (Å²) in [5, 5.41) is 0.867. The van der Waals surface area contributed by atoms with Gasteiger partial charge in [0, 0.05) is 48.5 Å². The maximum Gasteiger partial charge on any atom is 0.282 e. The summed E-state index contributed by atoms with van der Waals surface area (Å²) in [7, 11) is 3.37. The lowest BCUT2D eigenvalue weighted by Gasteiger charge is -2.41. The van der Waals surface area contributed by atoms with Crippen LogP contribution in [-0.4, -0.2) is 60.5 Å². The molecular weight excluding hydrogens is 402 g/mol. The zero-order chi connectivity index (χ0) is 21.8. The van der Waals surface area contributed by atoms with Crippen molar-refractivity contribution in [3.05, 3.63) is 42.2 Å². The number of halogens is 2. The lowest BCUT2D eigenvalue weighted by atomic mass is 10.1. The van der Waals surface area contributed by atoms with Gasteiger partial charge in [-0.05, 0) is 43.0 Å². The number of benzene rings is 1. The predicted octanol–water partition coefficient (Wildman–Crippen LogP) is 4.18. The van der Waals surface area contributed by atoms with Gasteiger partial charge in [-0.25, -0.2) is 8.78 Å². The molecule has 1 saturated carbocycles. The Kier molecular flexibility index (Phi) is 4.60. The lowest BCUT2D eigenvalue weighted by Crippen LogP contribution is -2.56. The number of ether oxygens (including phenoxy) is 1. The Bertz CT molecular complexity index is 1150. The van der Waals surface area contributed by atoms with E-state index in [0.29, 0.717) is 35.2 Å². The molecule has 2 aromatic heterocycles. The van der Waals surface area contributed by atoms with Crippen molar-refractivity contribution in [3.8, 4) is 17.0 Å². The first-order valence-corrected chi connectivity index (χ1v) is 10.4. The number of amides is 1. The van der Waals surface area contributed by atoms with E-state index < -0.39 is 5.92 Å². The van der Waals surface area contributed by atoms with Crippen LogP contribution in [0.3, 0.4) is 0 Å². The SMILES string of the molecule is CN(C)C(=O)c1ncccc1-c1cc2cc(N3CC(F)(F)C3)c(OCC3CC3)cc2[nH]1. The highest BCUT2D eigenvalue weighted by Crippen LogP contribution is 2.41. The van der Waals surface area contributed by atoms with E-state index in [1.807, 2.05) is 24.3 Å². The zero-order valence-corrected chi connectivity index (χ0v) is 17.5. The van der Waals surface area contributed by atoms with Crippen LogP contribution in [0.2, 0.25) is 0 Å². The molecule has 3 heterocycles. The molecule has 1 amide bonds. The number of aromatic nitrogens is 2. The molecule has 162 valence electrons. The van der Waals surface area contributed by atoms with E-state index in [4.69, 9.17) is 4.74 Å². The van der Waals surface area contributed by atoms with Crippen molar-refractivity contribution < 1.29 is 18.3 Å². The Labute approximate surface area is 178 Å². The highest BCUT2D eigenvalue weighted by atomic mass is 19.3. The van der Waals surface area contributed by atoms with Gasteiger partial charge >= 0.3 is 0 Å². The quantitative estimate of drug-likeness (QED) is 0.643. The van der Waals surface area contributed by atoms with Crippen LogP contribution in [0, 0.1) is 5.92 Å². The Balaban J connectivity index is 1.55. The minimum atomic E-state index is -2.66. The second-order valence-corrected chi connectivity index (χ2v) is 8.66. The van der Waals surface area contributed by atoms with Crippen molar-refractivity contribution in [2.24, 2.45) is 5.92 Å². The fourth-order valence-corrected chi connectivity index (χ4v) is 3.84. The van der Waals surface area contributed by atoms with Gasteiger partial charge in [-0.3, -0.25) is 9.78 Å². The molecule has 0 spiro atoms. The fourth-order valence-electron chi connectivity index (χ4n) is 3.84. The molecule has 5 rings (SSSR count). The highest BCUT2D eigenvalue weighted by molar-refractivity contribution is 6.00. The molecule has 8 heteroatoms. The topological polar surface area (TPSA) is 61.5 Å². The molecule has 1 aliphatic carbocycles. The number of hydrogen-bond acceptors (Lipinski definition) is 4. The maximum atomic E-state index is 13.5. The molecular formula is C23H24F2N4O2. The molecule has 3 aromatic rings. The van der Waals surface area contributed by atoms with Crippen LogP contribution < -0.4 is 9.64 Å². The molecule has 1 aliphatic heterocycles. The molecule has 0 unspecified atom stereocenters. The number of hydrogen-bond donors (Lipinski definition) is 1. The smallest absolute Gasteiger partial charge is 0.282 e. The van der Waals surface area contributed by atoms with Crippen LogP contribution in [-0.2, 0) is 0 Å². The number of fused-ring (bicyclic) bond motifs is 1. The average Bonchev–Trinajstić information content (AvgIpc) is 3.46. The second-order valence-electron chi connectivity index (χ2n) is 8.66. The Morgan fingerprint density at radius 1 is 1.29 bits per heavy atom. The average molecular weight is 426 g/mol. The number of carbonyl (C=O) groups excluding carboxylic acids is 1. The minimum Gasteiger partial charge on any atom is -0.491 e. The van der Waals surface area contributed by atoms with Gasteiger partial charge in [-0.1, -0.05) is 0 Å². The van der Waals surface area contributed by atoms with E-state index in [1.54, 1.807) is 31.3 Å². The van der Waals surface area contributed by atoms with Crippen molar-refractivity contribution in [1.82, 2.24) is 14.9 Å². The maximum absolute atomic E-state index is 13.5. The number of rotatable bonds is 6. The number of pyridine rings is 1. The Morgan fingerprint density at radius 3 is 2.74 bits per heavy atom.